The molecule has 4 rings (SSSR count). The van der Waals surface area contributed by atoms with E-state index in [4.69, 9.17) is 9.47 Å². The number of nitrogens with one attached hydrogen (secondary N) is 1. The van der Waals surface area contributed by atoms with Crippen molar-refractivity contribution < 1.29 is 22.6 Å². The molecule has 0 radical (unpaired) electrons. The molecule has 4 nitrogen and oxygen atoms in total. The van der Waals surface area contributed by atoms with Crippen LogP contribution in [0, 0.1) is 0 Å². The van der Waals surface area contributed by atoms with Gasteiger partial charge in [0.1, 0.15) is 13.2 Å². The van der Waals surface area contributed by atoms with Gasteiger partial charge in [-0.05, 0) is 47.0 Å². The van der Waals surface area contributed by atoms with Gasteiger partial charge in [0.2, 0.25) is 0 Å². The zero-order valence-corrected chi connectivity index (χ0v) is 18.7. The van der Waals surface area contributed by atoms with E-state index in [9.17, 15) is 13.2 Å². The highest BCUT2D eigenvalue weighted by Gasteiger charge is 2.33. The minimum absolute atomic E-state index is 0.125. The van der Waals surface area contributed by atoms with Gasteiger partial charge in [-0.2, -0.15) is 18.3 Å². The van der Waals surface area contributed by atoms with Crippen LogP contribution < -0.4 is 14.9 Å². The van der Waals surface area contributed by atoms with Gasteiger partial charge in [-0.3, -0.25) is 5.43 Å². The monoisotopic (exact) mass is 476 g/mol. The zero-order chi connectivity index (χ0) is 24.5. The molecular formula is C28H23F3N2O2. The Bertz CT molecular complexity index is 1260. The smallest absolute Gasteiger partial charge is 0.418 e. The molecule has 0 saturated heterocycles. The summed E-state index contributed by atoms with van der Waals surface area (Å²) in [5.74, 6) is 1.06. The highest BCUT2D eigenvalue weighted by molar-refractivity contribution is 5.81. The Kier molecular flexibility index (Phi) is 7.67. The predicted molar refractivity (Wildman–Crippen MR) is 131 cm³/mol. The van der Waals surface area contributed by atoms with Gasteiger partial charge in [-0.25, -0.2) is 0 Å². The van der Waals surface area contributed by atoms with Crippen molar-refractivity contribution in [3.8, 4) is 11.5 Å². The number of hydrogen-bond acceptors (Lipinski definition) is 4. The van der Waals surface area contributed by atoms with Crippen molar-refractivity contribution in [1.29, 1.82) is 0 Å². The number of benzene rings is 4. The largest absolute Gasteiger partial charge is 0.485 e. The number of rotatable bonds is 9. The van der Waals surface area contributed by atoms with Gasteiger partial charge in [-0.15, -0.1) is 0 Å². The van der Waals surface area contributed by atoms with Gasteiger partial charge >= 0.3 is 6.18 Å². The maximum absolute atomic E-state index is 13.2. The highest BCUT2D eigenvalue weighted by atomic mass is 19.4. The first-order valence-electron chi connectivity index (χ1n) is 10.9. The van der Waals surface area contributed by atoms with Crippen LogP contribution in [-0.4, -0.2) is 6.21 Å². The third-order valence-electron chi connectivity index (χ3n) is 5.07. The van der Waals surface area contributed by atoms with Gasteiger partial charge in [0.25, 0.3) is 0 Å². The summed E-state index contributed by atoms with van der Waals surface area (Å²) in [7, 11) is 0. The SMILES string of the molecule is FC(F)(F)c1ccccc1N/N=C/c1ccc(OCc2ccccc2)c(OCc2ccccc2)c1. The average Bonchev–Trinajstić information content (AvgIpc) is 2.88. The molecule has 0 saturated carbocycles. The van der Waals surface area contributed by atoms with E-state index in [2.05, 4.69) is 10.5 Å². The van der Waals surface area contributed by atoms with Gasteiger partial charge < -0.3 is 9.47 Å². The van der Waals surface area contributed by atoms with Crippen molar-refractivity contribution in [3.63, 3.8) is 0 Å². The molecule has 0 aliphatic rings. The minimum atomic E-state index is -4.48. The highest BCUT2D eigenvalue weighted by Crippen LogP contribution is 2.34. The van der Waals surface area contributed by atoms with E-state index in [-0.39, 0.29) is 5.69 Å². The summed E-state index contributed by atoms with van der Waals surface area (Å²) < 4.78 is 51.6. The van der Waals surface area contributed by atoms with Gasteiger partial charge in [0.15, 0.2) is 11.5 Å². The summed E-state index contributed by atoms with van der Waals surface area (Å²) in [5, 5.41) is 4.00. The lowest BCUT2D eigenvalue weighted by Crippen LogP contribution is -2.08. The molecule has 0 atom stereocenters. The van der Waals surface area contributed by atoms with Crippen LogP contribution in [-0.2, 0) is 19.4 Å². The number of para-hydroxylation sites is 1. The fourth-order valence-electron chi connectivity index (χ4n) is 3.31. The van der Waals surface area contributed by atoms with Gasteiger partial charge in [-0.1, -0.05) is 72.8 Å². The molecule has 7 heteroatoms. The van der Waals surface area contributed by atoms with Crippen LogP contribution in [0.4, 0.5) is 18.9 Å². The Balaban J connectivity index is 1.51. The number of ether oxygens (including phenoxy) is 2. The summed E-state index contributed by atoms with van der Waals surface area (Å²) in [6.07, 6.45) is -3.04. The van der Waals surface area contributed by atoms with Crippen molar-refractivity contribution in [2.45, 2.75) is 19.4 Å². The van der Waals surface area contributed by atoms with Crippen molar-refractivity contribution in [3.05, 3.63) is 125 Å². The van der Waals surface area contributed by atoms with Crippen LogP contribution in [0.5, 0.6) is 11.5 Å². The average molecular weight is 476 g/mol. The van der Waals surface area contributed by atoms with Crippen molar-refractivity contribution >= 4 is 11.9 Å². The number of alkyl halides is 3. The van der Waals surface area contributed by atoms with Crippen LogP contribution in [0.1, 0.15) is 22.3 Å². The second kappa shape index (κ2) is 11.2. The molecule has 1 N–H and O–H groups in total. The number of anilines is 1. The first kappa shape index (κ1) is 23.9. The van der Waals surface area contributed by atoms with E-state index in [0.717, 1.165) is 17.2 Å². The molecule has 4 aromatic carbocycles. The molecule has 0 bridgehead atoms. The van der Waals surface area contributed by atoms with E-state index in [0.29, 0.717) is 30.3 Å². The minimum Gasteiger partial charge on any atom is -0.485 e. The number of nitrogens with zero attached hydrogens (tertiary/aromatic N) is 1. The lowest BCUT2D eigenvalue weighted by atomic mass is 10.2. The van der Waals surface area contributed by atoms with Crippen molar-refractivity contribution in [1.82, 2.24) is 0 Å². The Morgan fingerprint density at radius 2 is 1.26 bits per heavy atom. The molecule has 0 heterocycles. The van der Waals surface area contributed by atoms with E-state index in [1.165, 1.54) is 24.4 Å². The molecule has 0 amide bonds. The fourth-order valence-corrected chi connectivity index (χ4v) is 3.31. The first-order chi connectivity index (χ1) is 17.0. The summed E-state index contributed by atoms with van der Waals surface area (Å²) >= 11 is 0. The van der Waals surface area contributed by atoms with Crippen LogP contribution in [0.3, 0.4) is 0 Å². The second-order valence-corrected chi connectivity index (χ2v) is 7.67. The Morgan fingerprint density at radius 3 is 1.89 bits per heavy atom. The summed E-state index contributed by atoms with van der Waals surface area (Å²) in [6, 6.07) is 29.9. The van der Waals surface area contributed by atoms with Crippen LogP contribution in [0.15, 0.2) is 108 Å². The first-order valence-corrected chi connectivity index (χ1v) is 10.9. The number of halogens is 3. The third kappa shape index (κ3) is 6.86. The molecule has 0 spiro atoms. The molecule has 0 aliphatic heterocycles. The normalized spacial score (nSPS) is 11.4. The molecule has 0 unspecified atom stereocenters. The zero-order valence-electron chi connectivity index (χ0n) is 18.7. The molecule has 0 fully saturated rings. The lowest BCUT2D eigenvalue weighted by Gasteiger charge is -2.14. The van der Waals surface area contributed by atoms with Gasteiger partial charge in [0.05, 0.1) is 17.5 Å². The fraction of sp³-hybridized carbons (Fsp3) is 0.107. The number of hydrazone groups is 1. The van der Waals surface area contributed by atoms with E-state index in [1.807, 2.05) is 60.7 Å². The third-order valence-corrected chi connectivity index (χ3v) is 5.07. The molecule has 0 aromatic heterocycles. The van der Waals surface area contributed by atoms with Crippen LogP contribution in [0.25, 0.3) is 0 Å². The van der Waals surface area contributed by atoms with E-state index < -0.39 is 11.7 Å². The van der Waals surface area contributed by atoms with E-state index in [1.54, 1.807) is 18.2 Å². The second-order valence-electron chi connectivity index (χ2n) is 7.67. The van der Waals surface area contributed by atoms with E-state index >= 15 is 0 Å². The molecule has 4 aromatic rings. The van der Waals surface area contributed by atoms with Gasteiger partial charge in [0, 0.05) is 0 Å². The summed E-state index contributed by atoms with van der Waals surface area (Å²) in [5.41, 5.74) is 4.22. The standard InChI is InChI=1S/C28H23F3N2O2/c29-28(30,31)24-13-7-8-14-25(24)33-32-18-23-15-16-26(34-19-21-9-3-1-4-10-21)27(17-23)35-20-22-11-5-2-6-12-22/h1-18,33H,19-20H2/b32-18+. The predicted octanol–water partition coefficient (Wildman–Crippen LogP) is 7.31. The topological polar surface area (TPSA) is 42.9 Å². The van der Waals surface area contributed by atoms with Crippen molar-refractivity contribution in [2.24, 2.45) is 5.10 Å². The van der Waals surface area contributed by atoms with Crippen molar-refractivity contribution in [2.75, 3.05) is 5.43 Å². The summed E-state index contributed by atoms with van der Waals surface area (Å²) in [4.78, 5) is 0. The molecular weight excluding hydrogens is 453 g/mol. The maximum atomic E-state index is 13.2. The Morgan fingerprint density at radius 1 is 0.686 bits per heavy atom. The Hall–Kier alpha value is -4.26. The maximum Gasteiger partial charge on any atom is 0.418 e. The number of hydrogen-bond donors (Lipinski definition) is 1. The molecule has 0 aliphatic carbocycles. The van der Waals surface area contributed by atoms with Crippen LogP contribution >= 0.6 is 0 Å². The summed E-state index contributed by atoms with van der Waals surface area (Å²) in [6.45, 7) is 0.700. The quantitative estimate of drug-likeness (QED) is 0.203. The molecule has 178 valence electrons. The lowest BCUT2D eigenvalue weighted by molar-refractivity contribution is -0.136. The molecule has 35 heavy (non-hydrogen) atoms. The Labute approximate surface area is 201 Å². The van der Waals surface area contributed by atoms with Crippen LogP contribution in [0.2, 0.25) is 0 Å².